The van der Waals surface area contributed by atoms with E-state index < -0.39 is 0 Å². The highest BCUT2D eigenvalue weighted by atomic mass is 32.1. The van der Waals surface area contributed by atoms with Gasteiger partial charge >= 0.3 is 0 Å². The molecule has 2 nitrogen and oxygen atoms in total. The Hall–Kier alpha value is -0.710. The van der Waals surface area contributed by atoms with Crippen molar-refractivity contribution >= 4 is 22.7 Å². The molecule has 0 amide bonds. The van der Waals surface area contributed by atoms with Crippen molar-refractivity contribution in [3.05, 3.63) is 37.5 Å². The topological polar surface area (TPSA) is 24.9 Å². The van der Waals surface area contributed by atoms with E-state index in [2.05, 4.69) is 49.4 Å². The molecule has 2 aromatic rings. The average Bonchev–Trinajstić information content (AvgIpc) is 2.81. The van der Waals surface area contributed by atoms with Gasteiger partial charge < -0.3 is 5.32 Å². The Morgan fingerprint density at radius 1 is 1.35 bits per heavy atom. The maximum atomic E-state index is 4.59. The van der Waals surface area contributed by atoms with Crippen molar-refractivity contribution in [1.29, 1.82) is 0 Å². The lowest BCUT2D eigenvalue weighted by molar-refractivity contribution is 0.564. The number of hydrogen-bond acceptors (Lipinski definition) is 4. The Balaban J connectivity index is 2.00. The zero-order chi connectivity index (χ0) is 12.4. The number of nitrogens with one attached hydrogen (secondary N) is 1. The summed E-state index contributed by atoms with van der Waals surface area (Å²) in [6.45, 7) is 9.49. The molecule has 0 aliphatic rings. The number of thiazole rings is 1. The number of aryl methyl sites for hydroxylation is 3. The first-order valence-corrected chi connectivity index (χ1v) is 7.48. The van der Waals surface area contributed by atoms with Crippen molar-refractivity contribution in [3.8, 4) is 0 Å². The van der Waals surface area contributed by atoms with Crippen LogP contribution >= 0.6 is 22.7 Å². The van der Waals surface area contributed by atoms with Gasteiger partial charge in [-0.1, -0.05) is 0 Å². The second-order valence-electron chi connectivity index (χ2n) is 4.30. The molecule has 1 unspecified atom stereocenters. The minimum atomic E-state index is 0.321. The van der Waals surface area contributed by atoms with Crippen molar-refractivity contribution < 1.29 is 0 Å². The summed E-state index contributed by atoms with van der Waals surface area (Å²) in [4.78, 5) is 7.33. The standard InChI is InChI=1S/C13H18N2S2/c1-8-5-6-16-12(8)7-14-9(2)13-10(3)17-11(4)15-13/h5-6,9,14H,7H2,1-4H3. The van der Waals surface area contributed by atoms with Gasteiger partial charge in [0, 0.05) is 22.3 Å². The second-order valence-corrected chi connectivity index (χ2v) is 6.71. The van der Waals surface area contributed by atoms with Crippen molar-refractivity contribution in [2.75, 3.05) is 0 Å². The van der Waals surface area contributed by atoms with Crippen LogP contribution in [0, 0.1) is 20.8 Å². The highest BCUT2D eigenvalue weighted by Crippen LogP contribution is 2.23. The fourth-order valence-corrected chi connectivity index (χ4v) is 3.65. The third-order valence-corrected chi connectivity index (χ3v) is 4.81. The first-order chi connectivity index (χ1) is 8.08. The fraction of sp³-hybridized carbons (Fsp3) is 0.462. The lowest BCUT2D eigenvalue weighted by Gasteiger charge is -2.12. The van der Waals surface area contributed by atoms with Crippen molar-refractivity contribution in [2.45, 2.75) is 40.3 Å². The van der Waals surface area contributed by atoms with Gasteiger partial charge in [-0.3, -0.25) is 0 Å². The third kappa shape index (κ3) is 2.94. The molecule has 1 N–H and O–H groups in total. The molecule has 0 aromatic carbocycles. The minimum Gasteiger partial charge on any atom is -0.304 e. The number of aromatic nitrogens is 1. The first-order valence-electron chi connectivity index (χ1n) is 5.78. The third-order valence-electron chi connectivity index (χ3n) is 2.89. The van der Waals surface area contributed by atoms with E-state index in [1.807, 2.05) is 11.3 Å². The summed E-state index contributed by atoms with van der Waals surface area (Å²) >= 11 is 3.59. The Bertz CT molecular complexity index is 499. The van der Waals surface area contributed by atoms with Crippen LogP contribution in [-0.2, 0) is 6.54 Å². The molecule has 0 aliphatic carbocycles. The molecule has 4 heteroatoms. The maximum Gasteiger partial charge on any atom is 0.0900 e. The number of nitrogens with zero attached hydrogens (tertiary/aromatic N) is 1. The monoisotopic (exact) mass is 266 g/mol. The molecule has 2 aromatic heterocycles. The minimum absolute atomic E-state index is 0.321. The summed E-state index contributed by atoms with van der Waals surface area (Å²) in [7, 11) is 0. The summed E-state index contributed by atoms with van der Waals surface area (Å²) in [5.41, 5.74) is 2.57. The van der Waals surface area contributed by atoms with Gasteiger partial charge in [0.2, 0.25) is 0 Å². The predicted octanol–water partition coefficient (Wildman–Crippen LogP) is 3.98. The van der Waals surface area contributed by atoms with Crippen LogP contribution in [0.1, 0.15) is 39.0 Å². The SMILES string of the molecule is Cc1nc(C(C)NCc2sccc2C)c(C)s1. The van der Waals surface area contributed by atoms with E-state index in [-0.39, 0.29) is 0 Å². The van der Waals surface area contributed by atoms with E-state index in [4.69, 9.17) is 0 Å². The molecule has 0 aliphatic heterocycles. The van der Waals surface area contributed by atoms with Crippen LogP contribution in [0.3, 0.4) is 0 Å². The molecule has 0 fully saturated rings. The molecular weight excluding hydrogens is 248 g/mol. The molecular formula is C13H18N2S2. The van der Waals surface area contributed by atoms with Crippen LogP contribution in [0.5, 0.6) is 0 Å². The largest absolute Gasteiger partial charge is 0.304 e. The van der Waals surface area contributed by atoms with Crippen LogP contribution in [0.15, 0.2) is 11.4 Å². The van der Waals surface area contributed by atoms with Crippen LogP contribution in [0.2, 0.25) is 0 Å². The fourth-order valence-electron chi connectivity index (χ4n) is 1.87. The van der Waals surface area contributed by atoms with E-state index >= 15 is 0 Å². The van der Waals surface area contributed by atoms with Gasteiger partial charge in [-0.2, -0.15) is 0 Å². The Kier molecular flexibility index (Phi) is 3.97. The second kappa shape index (κ2) is 5.29. The predicted molar refractivity (Wildman–Crippen MR) is 75.9 cm³/mol. The van der Waals surface area contributed by atoms with Crippen LogP contribution < -0.4 is 5.32 Å². The quantitative estimate of drug-likeness (QED) is 0.905. The Labute approximate surface area is 111 Å². The van der Waals surface area contributed by atoms with Gasteiger partial charge in [-0.05, 0) is 44.7 Å². The highest BCUT2D eigenvalue weighted by molar-refractivity contribution is 7.11. The number of rotatable bonds is 4. The van der Waals surface area contributed by atoms with Gasteiger partial charge in [0.1, 0.15) is 0 Å². The van der Waals surface area contributed by atoms with Gasteiger partial charge in [0.15, 0.2) is 0 Å². The molecule has 17 heavy (non-hydrogen) atoms. The zero-order valence-corrected chi connectivity index (χ0v) is 12.3. The molecule has 0 saturated heterocycles. The lowest BCUT2D eigenvalue weighted by atomic mass is 10.2. The summed E-state index contributed by atoms with van der Waals surface area (Å²) in [6, 6.07) is 2.49. The zero-order valence-electron chi connectivity index (χ0n) is 10.7. The normalized spacial score (nSPS) is 12.9. The number of hydrogen-bond donors (Lipinski definition) is 1. The highest BCUT2D eigenvalue weighted by Gasteiger charge is 2.13. The van der Waals surface area contributed by atoms with Crippen LogP contribution in [0.4, 0.5) is 0 Å². The average molecular weight is 266 g/mol. The van der Waals surface area contributed by atoms with Gasteiger partial charge in [-0.15, -0.1) is 22.7 Å². The summed E-state index contributed by atoms with van der Waals surface area (Å²) in [5.74, 6) is 0. The summed E-state index contributed by atoms with van der Waals surface area (Å²) in [6.07, 6.45) is 0. The molecule has 0 spiro atoms. The Morgan fingerprint density at radius 2 is 2.12 bits per heavy atom. The van der Waals surface area contributed by atoms with Gasteiger partial charge in [0.05, 0.1) is 10.7 Å². The van der Waals surface area contributed by atoms with Gasteiger partial charge in [0.25, 0.3) is 0 Å². The van der Waals surface area contributed by atoms with Crippen LogP contribution in [-0.4, -0.2) is 4.98 Å². The maximum absolute atomic E-state index is 4.59. The van der Waals surface area contributed by atoms with E-state index in [0.29, 0.717) is 6.04 Å². The van der Waals surface area contributed by atoms with Gasteiger partial charge in [-0.25, -0.2) is 4.98 Å². The summed E-state index contributed by atoms with van der Waals surface area (Å²) < 4.78 is 0. The Morgan fingerprint density at radius 3 is 2.65 bits per heavy atom. The molecule has 0 radical (unpaired) electrons. The van der Waals surface area contributed by atoms with E-state index in [9.17, 15) is 0 Å². The van der Waals surface area contributed by atoms with E-state index in [1.165, 1.54) is 21.0 Å². The van der Waals surface area contributed by atoms with Crippen molar-refractivity contribution in [3.63, 3.8) is 0 Å². The smallest absolute Gasteiger partial charge is 0.0900 e. The van der Waals surface area contributed by atoms with E-state index in [0.717, 1.165) is 11.6 Å². The molecule has 0 bridgehead atoms. The molecule has 1 atom stereocenters. The molecule has 92 valence electrons. The number of thiophene rings is 1. The van der Waals surface area contributed by atoms with E-state index in [1.54, 1.807) is 11.3 Å². The molecule has 2 heterocycles. The lowest BCUT2D eigenvalue weighted by Crippen LogP contribution is -2.18. The first kappa shape index (κ1) is 12.7. The molecule has 2 rings (SSSR count). The molecule has 0 saturated carbocycles. The summed E-state index contributed by atoms with van der Waals surface area (Å²) in [5, 5.41) is 6.85. The van der Waals surface area contributed by atoms with Crippen molar-refractivity contribution in [2.24, 2.45) is 0 Å². The van der Waals surface area contributed by atoms with Crippen molar-refractivity contribution in [1.82, 2.24) is 10.3 Å². The van der Waals surface area contributed by atoms with Crippen LogP contribution in [0.25, 0.3) is 0 Å².